The fourth-order valence-corrected chi connectivity index (χ4v) is 1.74. The van der Waals surface area contributed by atoms with Crippen LogP contribution in [-0.4, -0.2) is 17.0 Å². The fraction of sp³-hybridized carbons (Fsp3) is 0.167. The highest BCUT2D eigenvalue weighted by atomic mass is 35.5. The van der Waals surface area contributed by atoms with Crippen LogP contribution in [-0.2, 0) is 6.54 Å². The van der Waals surface area contributed by atoms with Crippen LogP contribution in [0.1, 0.15) is 5.56 Å². The van der Waals surface area contributed by atoms with Gasteiger partial charge in [0.1, 0.15) is 12.1 Å². The molecule has 1 aromatic carbocycles. The topological polar surface area (TPSA) is 55.0 Å². The first-order chi connectivity index (χ1) is 8.16. The van der Waals surface area contributed by atoms with E-state index in [2.05, 4.69) is 9.97 Å². The van der Waals surface area contributed by atoms with Crippen molar-refractivity contribution >= 4 is 23.1 Å². The molecule has 0 aliphatic rings. The van der Waals surface area contributed by atoms with E-state index < -0.39 is 0 Å². The Bertz CT molecular complexity index is 501. The lowest BCUT2D eigenvalue weighted by Crippen LogP contribution is -2.18. The van der Waals surface area contributed by atoms with Crippen molar-refractivity contribution in [3.05, 3.63) is 47.4 Å². The van der Waals surface area contributed by atoms with Gasteiger partial charge in [0.2, 0.25) is 0 Å². The zero-order chi connectivity index (χ0) is 12.3. The molecule has 0 radical (unpaired) electrons. The third-order valence-electron chi connectivity index (χ3n) is 2.43. The number of rotatable bonds is 3. The highest BCUT2D eigenvalue weighted by Crippen LogP contribution is 2.21. The molecular weight excluding hydrogens is 236 g/mol. The molecule has 2 rings (SSSR count). The van der Waals surface area contributed by atoms with Gasteiger partial charge in [-0.1, -0.05) is 11.6 Å². The van der Waals surface area contributed by atoms with Crippen molar-refractivity contribution in [2.75, 3.05) is 17.7 Å². The molecule has 0 atom stereocenters. The Labute approximate surface area is 105 Å². The van der Waals surface area contributed by atoms with Crippen molar-refractivity contribution in [3.8, 4) is 0 Å². The van der Waals surface area contributed by atoms with Crippen LogP contribution in [0.5, 0.6) is 0 Å². The third-order valence-corrected chi connectivity index (χ3v) is 2.80. The zero-order valence-corrected chi connectivity index (χ0v) is 10.2. The molecule has 0 unspecified atom stereocenters. The van der Waals surface area contributed by atoms with E-state index in [9.17, 15) is 0 Å². The van der Waals surface area contributed by atoms with Crippen LogP contribution < -0.4 is 10.6 Å². The van der Waals surface area contributed by atoms with Gasteiger partial charge in [-0.3, -0.25) is 0 Å². The molecule has 2 aromatic rings. The maximum atomic E-state index is 6.11. The molecule has 5 heteroatoms. The molecule has 0 amide bonds. The second kappa shape index (κ2) is 5.01. The molecule has 1 aromatic heterocycles. The molecule has 2 N–H and O–H groups in total. The number of nitrogens with zero attached hydrogens (tertiary/aromatic N) is 3. The summed E-state index contributed by atoms with van der Waals surface area (Å²) in [7, 11) is 1.95. The zero-order valence-electron chi connectivity index (χ0n) is 9.47. The van der Waals surface area contributed by atoms with Crippen LogP contribution in [0.2, 0.25) is 5.02 Å². The number of hydrogen-bond donors (Lipinski definition) is 1. The summed E-state index contributed by atoms with van der Waals surface area (Å²) in [6, 6.07) is 7.32. The Balaban J connectivity index is 2.18. The molecule has 1 heterocycles. The molecule has 0 saturated heterocycles. The largest absolute Gasteiger partial charge is 0.399 e. The Morgan fingerprint density at radius 3 is 2.88 bits per heavy atom. The number of anilines is 2. The molecule has 0 saturated carbocycles. The summed E-state index contributed by atoms with van der Waals surface area (Å²) in [5.74, 6) is 0.846. The van der Waals surface area contributed by atoms with E-state index in [0.29, 0.717) is 17.3 Å². The lowest BCUT2D eigenvalue weighted by Gasteiger charge is -2.18. The number of halogens is 1. The number of benzene rings is 1. The van der Waals surface area contributed by atoms with E-state index in [0.717, 1.165) is 11.4 Å². The molecule has 0 spiro atoms. The molecule has 17 heavy (non-hydrogen) atoms. The van der Waals surface area contributed by atoms with Gasteiger partial charge in [-0.25, -0.2) is 9.97 Å². The van der Waals surface area contributed by atoms with E-state index in [-0.39, 0.29) is 0 Å². The van der Waals surface area contributed by atoms with Gasteiger partial charge in [0.15, 0.2) is 0 Å². The smallest absolute Gasteiger partial charge is 0.131 e. The van der Waals surface area contributed by atoms with Crippen LogP contribution in [0, 0.1) is 0 Å². The maximum absolute atomic E-state index is 6.11. The highest BCUT2D eigenvalue weighted by Gasteiger charge is 2.06. The summed E-state index contributed by atoms with van der Waals surface area (Å²) < 4.78 is 0. The van der Waals surface area contributed by atoms with Crippen LogP contribution in [0.15, 0.2) is 36.8 Å². The van der Waals surface area contributed by atoms with E-state index in [1.165, 1.54) is 6.33 Å². The van der Waals surface area contributed by atoms with Crippen LogP contribution >= 0.6 is 11.6 Å². The van der Waals surface area contributed by atoms with Crippen molar-refractivity contribution in [2.24, 2.45) is 0 Å². The Kier molecular flexibility index (Phi) is 3.44. The van der Waals surface area contributed by atoms with Crippen molar-refractivity contribution < 1.29 is 0 Å². The van der Waals surface area contributed by atoms with Crippen molar-refractivity contribution in [2.45, 2.75) is 6.54 Å². The van der Waals surface area contributed by atoms with Crippen molar-refractivity contribution in [1.29, 1.82) is 0 Å². The predicted octanol–water partition coefficient (Wildman–Crippen LogP) is 2.35. The van der Waals surface area contributed by atoms with Crippen molar-refractivity contribution in [3.63, 3.8) is 0 Å². The minimum atomic E-state index is 0.654. The first kappa shape index (κ1) is 11.7. The SMILES string of the molecule is CN(Cc1cc(N)ccc1Cl)c1ccncn1. The first-order valence-electron chi connectivity index (χ1n) is 5.18. The van der Waals surface area contributed by atoms with Gasteiger partial charge in [-0.05, 0) is 29.8 Å². The average Bonchev–Trinajstić information content (AvgIpc) is 2.35. The number of nitrogen functional groups attached to an aromatic ring is 1. The molecule has 0 fully saturated rings. The molecule has 4 nitrogen and oxygen atoms in total. The minimum Gasteiger partial charge on any atom is -0.399 e. The monoisotopic (exact) mass is 248 g/mol. The van der Waals surface area contributed by atoms with Gasteiger partial charge in [-0.2, -0.15) is 0 Å². The molecule has 0 aliphatic carbocycles. The summed E-state index contributed by atoms with van der Waals surface area (Å²) >= 11 is 6.11. The standard InChI is InChI=1S/C12H13ClN4/c1-17(12-4-5-15-8-16-12)7-9-6-10(14)2-3-11(9)13/h2-6,8H,7,14H2,1H3. The summed E-state index contributed by atoms with van der Waals surface area (Å²) in [6.07, 6.45) is 3.23. The summed E-state index contributed by atoms with van der Waals surface area (Å²) in [4.78, 5) is 10.0. The van der Waals surface area contributed by atoms with Crippen LogP contribution in [0.25, 0.3) is 0 Å². The Morgan fingerprint density at radius 2 is 2.18 bits per heavy atom. The van der Waals surface area contributed by atoms with Gasteiger partial charge < -0.3 is 10.6 Å². The maximum Gasteiger partial charge on any atom is 0.131 e. The van der Waals surface area contributed by atoms with Gasteiger partial charge >= 0.3 is 0 Å². The van der Waals surface area contributed by atoms with Gasteiger partial charge in [0, 0.05) is 30.5 Å². The van der Waals surface area contributed by atoms with Gasteiger partial charge in [-0.15, -0.1) is 0 Å². The second-order valence-electron chi connectivity index (χ2n) is 3.77. The minimum absolute atomic E-state index is 0.654. The van der Waals surface area contributed by atoms with Gasteiger partial charge in [0.05, 0.1) is 0 Å². The number of aromatic nitrogens is 2. The Morgan fingerprint density at radius 1 is 1.35 bits per heavy atom. The predicted molar refractivity (Wildman–Crippen MR) is 70.0 cm³/mol. The molecule has 0 aliphatic heterocycles. The number of hydrogen-bond acceptors (Lipinski definition) is 4. The average molecular weight is 249 g/mol. The Hall–Kier alpha value is -1.81. The van der Waals surface area contributed by atoms with Crippen LogP contribution in [0.3, 0.4) is 0 Å². The van der Waals surface area contributed by atoms with Crippen LogP contribution in [0.4, 0.5) is 11.5 Å². The summed E-state index contributed by atoms with van der Waals surface area (Å²) in [6.45, 7) is 0.654. The normalized spacial score (nSPS) is 10.2. The molecule has 0 bridgehead atoms. The van der Waals surface area contributed by atoms with Gasteiger partial charge in [0.25, 0.3) is 0 Å². The van der Waals surface area contributed by atoms with E-state index in [4.69, 9.17) is 17.3 Å². The third kappa shape index (κ3) is 2.85. The molecule has 88 valence electrons. The number of nitrogens with two attached hydrogens (primary N) is 1. The second-order valence-corrected chi connectivity index (χ2v) is 4.18. The van der Waals surface area contributed by atoms with E-state index in [1.54, 1.807) is 18.3 Å². The first-order valence-corrected chi connectivity index (χ1v) is 5.55. The summed E-state index contributed by atoms with van der Waals surface area (Å²) in [5, 5.41) is 0.708. The highest BCUT2D eigenvalue weighted by molar-refractivity contribution is 6.31. The lowest BCUT2D eigenvalue weighted by atomic mass is 10.2. The van der Waals surface area contributed by atoms with E-state index >= 15 is 0 Å². The fourth-order valence-electron chi connectivity index (χ4n) is 1.56. The lowest BCUT2D eigenvalue weighted by molar-refractivity contribution is 0.891. The van der Waals surface area contributed by atoms with Crippen molar-refractivity contribution in [1.82, 2.24) is 9.97 Å². The van der Waals surface area contributed by atoms with E-state index in [1.807, 2.05) is 24.1 Å². The summed E-state index contributed by atoms with van der Waals surface area (Å²) in [5.41, 5.74) is 7.43. The molecular formula is C12H13ClN4. The quantitative estimate of drug-likeness (QED) is 0.848.